The first-order chi connectivity index (χ1) is 12.2. The van der Waals surface area contributed by atoms with Gasteiger partial charge in [0.25, 0.3) is 0 Å². The lowest BCUT2D eigenvalue weighted by Crippen LogP contribution is -2.36. The zero-order chi connectivity index (χ0) is 17.6. The van der Waals surface area contributed by atoms with Crippen LogP contribution in [0.5, 0.6) is 0 Å². The Balaban J connectivity index is 2.09. The van der Waals surface area contributed by atoms with E-state index < -0.39 is 5.92 Å². The summed E-state index contributed by atoms with van der Waals surface area (Å²) in [4.78, 5) is 7.31. The van der Waals surface area contributed by atoms with Gasteiger partial charge in [0.1, 0.15) is 10.9 Å². The van der Waals surface area contributed by atoms with E-state index in [1.807, 2.05) is 83.8 Å². The Labute approximate surface area is 158 Å². The standard InChI is InChI=1S/C20H17N3S2/c21-19(24)18(17-13-7-8-14-22-17)20(25)23(15-9-3-1-4-10-15)16-11-5-2-6-12-16/h1-14,18H,(H2,21,24). The molecular formula is C20H17N3S2. The summed E-state index contributed by atoms with van der Waals surface area (Å²) in [6.07, 6.45) is 1.72. The van der Waals surface area contributed by atoms with Gasteiger partial charge >= 0.3 is 0 Å². The van der Waals surface area contributed by atoms with Crippen molar-refractivity contribution >= 4 is 45.8 Å². The van der Waals surface area contributed by atoms with Crippen LogP contribution in [0.2, 0.25) is 0 Å². The van der Waals surface area contributed by atoms with Gasteiger partial charge < -0.3 is 10.6 Å². The third kappa shape index (κ3) is 3.90. The van der Waals surface area contributed by atoms with Gasteiger partial charge in [0.2, 0.25) is 0 Å². The molecule has 0 aliphatic rings. The van der Waals surface area contributed by atoms with Gasteiger partial charge in [-0.2, -0.15) is 0 Å². The monoisotopic (exact) mass is 363 g/mol. The number of hydrogen-bond acceptors (Lipinski definition) is 3. The average Bonchev–Trinajstić information content (AvgIpc) is 2.64. The molecule has 2 N–H and O–H groups in total. The van der Waals surface area contributed by atoms with Gasteiger partial charge in [-0.1, -0.05) is 66.9 Å². The summed E-state index contributed by atoms with van der Waals surface area (Å²) in [6, 6.07) is 25.5. The highest BCUT2D eigenvalue weighted by atomic mass is 32.1. The predicted molar refractivity (Wildman–Crippen MR) is 111 cm³/mol. The van der Waals surface area contributed by atoms with Crippen LogP contribution < -0.4 is 10.6 Å². The highest BCUT2D eigenvalue weighted by Crippen LogP contribution is 2.30. The largest absolute Gasteiger partial charge is 0.392 e. The number of aromatic nitrogens is 1. The van der Waals surface area contributed by atoms with Crippen LogP contribution in [-0.4, -0.2) is 15.0 Å². The summed E-state index contributed by atoms with van der Waals surface area (Å²) in [5.41, 5.74) is 8.70. The molecule has 1 atom stereocenters. The van der Waals surface area contributed by atoms with Crippen molar-refractivity contribution in [3.8, 4) is 0 Å². The van der Waals surface area contributed by atoms with Crippen LogP contribution in [0.25, 0.3) is 0 Å². The molecule has 0 saturated heterocycles. The van der Waals surface area contributed by atoms with Crippen molar-refractivity contribution in [3.63, 3.8) is 0 Å². The Morgan fingerprint density at radius 3 is 1.76 bits per heavy atom. The van der Waals surface area contributed by atoms with Crippen molar-refractivity contribution in [1.29, 1.82) is 0 Å². The van der Waals surface area contributed by atoms with Gasteiger partial charge in [-0.05, 0) is 36.4 Å². The van der Waals surface area contributed by atoms with Crippen LogP contribution in [0.1, 0.15) is 11.6 Å². The summed E-state index contributed by atoms with van der Waals surface area (Å²) in [7, 11) is 0. The molecule has 25 heavy (non-hydrogen) atoms. The SMILES string of the molecule is NC(=S)C(C(=S)N(c1ccccc1)c1ccccc1)c1ccccn1. The number of hydrogen-bond donors (Lipinski definition) is 1. The number of para-hydroxylation sites is 2. The molecule has 0 spiro atoms. The maximum atomic E-state index is 6.04. The lowest BCUT2D eigenvalue weighted by Gasteiger charge is -2.30. The van der Waals surface area contributed by atoms with Crippen molar-refractivity contribution < 1.29 is 0 Å². The third-order valence-corrected chi connectivity index (χ3v) is 4.42. The Morgan fingerprint density at radius 1 is 0.800 bits per heavy atom. The number of thiocarbonyl (C=S) groups is 2. The van der Waals surface area contributed by atoms with E-state index in [9.17, 15) is 0 Å². The first-order valence-corrected chi connectivity index (χ1v) is 8.64. The minimum absolute atomic E-state index is 0.306. The second-order valence-electron chi connectivity index (χ2n) is 5.43. The number of pyridine rings is 1. The molecular weight excluding hydrogens is 346 g/mol. The van der Waals surface area contributed by atoms with Crippen molar-refractivity contribution in [2.75, 3.05) is 4.90 Å². The summed E-state index contributed by atoms with van der Waals surface area (Å²) >= 11 is 11.2. The molecule has 3 rings (SSSR count). The number of nitrogens with zero attached hydrogens (tertiary/aromatic N) is 2. The van der Waals surface area contributed by atoms with Gasteiger partial charge in [0.05, 0.1) is 10.7 Å². The molecule has 3 nitrogen and oxygen atoms in total. The van der Waals surface area contributed by atoms with Crippen molar-refractivity contribution in [2.45, 2.75) is 5.92 Å². The Morgan fingerprint density at radius 2 is 1.32 bits per heavy atom. The van der Waals surface area contributed by atoms with Gasteiger partial charge in [-0.25, -0.2) is 0 Å². The van der Waals surface area contributed by atoms with Gasteiger partial charge in [-0.15, -0.1) is 0 Å². The minimum Gasteiger partial charge on any atom is -0.392 e. The Bertz CT molecular complexity index is 812. The van der Waals surface area contributed by atoms with Crippen LogP contribution in [0.4, 0.5) is 11.4 Å². The molecule has 2 aromatic carbocycles. The van der Waals surface area contributed by atoms with E-state index in [0.29, 0.717) is 9.98 Å². The van der Waals surface area contributed by atoms with Crippen LogP contribution in [0, 0.1) is 0 Å². The van der Waals surface area contributed by atoms with Gasteiger partial charge in [0.15, 0.2) is 0 Å². The number of anilines is 2. The van der Waals surface area contributed by atoms with Crippen molar-refractivity contribution in [2.24, 2.45) is 5.73 Å². The summed E-state index contributed by atoms with van der Waals surface area (Å²) < 4.78 is 0. The van der Waals surface area contributed by atoms with Crippen molar-refractivity contribution in [3.05, 3.63) is 90.8 Å². The fraction of sp³-hybridized carbons (Fsp3) is 0.0500. The fourth-order valence-corrected chi connectivity index (χ4v) is 3.39. The van der Waals surface area contributed by atoms with Gasteiger partial charge in [0, 0.05) is 17.6 Å². The average molecular weight is 364 g/mol. The second-order valence-corrected chi connectivity index (χ2v) is 6.32. The molecule has 0 aliphatic heterocycles. The van der Waals surface area contributed by atoms with E-state index in [4.69, 9.17) is 30.2 Å². The molecule has 0 bridgehead atoms. The van der Waals surface area contributed by atoms with E-state index in [1.165, 1.54) is 0 Å². The topological polar surface area (TPSA) is 42.1 Å². The first kappa shape index (κ1) is 17.2. The zero-order valence-corrected chi connectivity index (χ0v) is 15.1. The second kappa shape index (κ2) is 7.96. The lowest BCUT2D eigenvalue weighted by atomic mass is 10.0. The molecule has 0 radical (unpaired) electrons. The maximum Gasteiger partial charge on any atom is 0.103 e. The highest BCUT2D eigenvalue weighted by molar-refractivity contribution is 7.82. The minimum atomic E-state index is -0.424. The highest BCUT2D eigenvalue weighted by Gasteiger charge is 2.27. The number of rotatable bonds is 5. The molecule has 0 saturated carbocycles. The molecule has 3 aromatic rings. The molecule has 1 unspecified atom stereocenters. The molecule has 124 valence electrons. The quantitative estimate of drug-likeness (QED) is 0.670. The van der Waals surface area contributed by atoms with E-state index in [1.54, 1.807) is 6.20 Å². The summed E-state index contributed by atoms with van der Waals surface area (Å²) in [6.45, 7) is 0. The number of benzene rings is 2. The predicted octanol–water partition coefficient (Wildman–Crippen LogP) is 4.62. The summed E-state index contributed by atoms with van der Waals surface area (Å²) in [5.74, 6) is -0.424. The van der Waals surface area contributed by atoms with E-state index in [2.05, 4.69) is 4.98 Å². The Hall–Kier alpha value is -2.63. The fourth-order valence-electron chi connectivity index (χ4n) is 2.63. The third-order valence-electron chi connectivity index (χ3n) is 3.76. The van der Waals surface area contributed by atoms with Gasteiger partial charge in [-0.3, -0.25) is 4.98 Å². The zero-order valence-electron chi connectivity index (χ0n) is 13.4. The van der Waals surface area contributed by atoms with Crippen LogP contribution in [0.15, 0.2) is 85.1 Å². The maximum absolute atomic E-state index is 6.04. The normalized spacial score (nSPS) is 11.5. The van der Waals surface area contributed by atoms with Crippen LogP contribution in [0.3, 0.4) is 0 Å². The van der Waals surface area contributed by atoms with Crippen molar-refractivity contribution in [1.82, 2.24) is 4.98 Å². The molecule has 1 heterocycles. The smallest absolute Gasteiger partial charge is 0.103 e. The molecule has 0 aliphatic carbocycles. The van der Waals surface area contributed by atoms with E-state index in [0.717, 1.165) is 17.1 Å². The lowest BCUT2D eigenvalue weighted by molar-refractivity contribution is 1.07. The summed E-state index contributed by atoms with van der Waals surface area (Å²) in [5, 5.41) is 0. The Kier molecular flexibility index (Phi) is 5.48. The molecule has 0 amide bonds. The van der Waals surface area contributed by atoms with E-state index >= 15 is 0 Å². The number of nitrogens with two attached hydrogens (primary N) is 1. The molecule has 0 fully saturated rings. The van der Waals surface area contributed by atoms with Crippen LogP contribution >= 0.6 is 24.4 Å². The van der Waals surface area contributed by atoms with E-state index in [-0.39, 0.29) is 0 Å². The molecule has 1 aromatic heterocycles. The first-order valence-electron chi connectivity index (χ1n) is 7.83. The van der Waals surface area contributed by atoms with Crippen LogP contribution in [-0.2, 0) is 0 Å². The molecule has 5 heteroatoms.